The molecule has 1 nitrogen and oxygen atoms in total. The Balaban J connectivity index is 2.26. The third-order valence-corrected chi connectivity index (χ3v) is 3.41. The maximum Gasteiger partial charge on any atom is 0.419 e. The lowest BCUT2D eigenvalue weighted by atomic mass is 9.98. The molecule has 1 aliphatic rings. The molecule has 0 amide bonds. The van der Waals surface area contributed by atoms with Crippen LogP contribution in [0, 0.1) is 11.7 Å². The van der Waals surface area contributed by atoms with Gasteiger partial charge in [-0.1, -0.05) is 25.8 Å². The fourth-order valence-corrected chi connectivity index (χ4v) is 2.25. The number of halogens is 4. The van der Waals surface area contributed by atoms with E-state index in [0.29, 0.717) is 18.0 Å². The summed E-state index contributed by atoms with van der Waals surface area (Å²) in [5.41, 5.74) is -0.661. The lowest BCUT2D eigenvalue weighted by Gasteiger charge is -2.19. The minimum Gasteiger partial charge on any atom is -0.310 e. The van der Waals surface area contributed by atoms with E-state index in [-0.39, 0.29) is 6.04 Å². The molecule has 1 saturated carbocycles. The lowest BCUT2D eigenvalue weighted by Crippen LogP contribution is -2.22. The number of rotatable bonds is 5. The van der Waals surface area contributed by atoms with Crippen LogP contribution < -0.4 is 5.32 Å². The number of benzene rings is 1. The third kappa shape index (κ3) is 3.69. The van der Waals surface area contributed by atoms with Crippen LogP contribution in [0.25, 0.3) is 0 Å². The minimum absolute atomic E-state index is 0.126. The Labute approximate surface area is 110 Å². The first-order valence-corrected chi connectivity index (χ1v) is 6.51. The molecule has 0 aliphatic heterocycles. The molecule has 106 valence electrons. The predicted octanol–water partition coefficient (Wildman–Crippen LogP) is 4.30. The molecule has 0 spiro atoms. The Bertz CT molecular complexity index is 438. The summed E-state index contributed by atoms with van der Waals surface area (Å²) in [4.78, 5) is 0. The van der Waals surface area contributed by atoms with Crippen molar-refractivity contribution in [3.8, 4) is 0 Å². The number of hydrogen-bond donors (Lipinski definition) is 1. The quantitative estimate of drug-likeness (QED) is 0.790. The topological polar surface area (TPSA) is 12.0 Å². The Morgan fingerprint density at radius 1 is 1.32 bits per heavy atom. The van der Waals surface area contributed by atoms with E-state index in [0.717, 1.165) is 31.4 Å². The van der Waals surface area contributed by atoms with Crippen molar-refractivity contribution >= 4 is 0 Å². The summed E-state index contributed by atoms with van der Waals surface area (Å²) in [6.45, 7) is 2.59. The van der Waals surface area contributed by atoms with Crippen LogP contribution in [0.1, 0.15) is 43.4 Å². The van der Waals surface area contributed by atoms with Gasteiger partial charge < -0.3 is 5.32 Å². The van der Waals surface area contributed by atoms with Crippen molar-refractivity contribution in [3.63, 3.8) is 0 Å². The van der Waals surface area contributed by atoms with Gasteiger partial charge in [-0.15, -0.1) is 0 Å². The number of nitrogens with one attached hydrogen (secondary N) is 1. The first-order valence-electron chi connectivity index (χ1n) is 6.51. The third-order valence-electron chi connectivity index (χ3n) is 3.41. The van der Waals surface area contributed by atoms with E-state index < -0.39 is 17.6 Å². The zero-order chi connectivity index (χ0) is 14.0. The molecular formula is C14H17F4N. The van der Waals surface area contributed by atoms with E-state index in [9.17, 15) is 17.6 Å². The van der Waals surface area contributed by atoms with E-state index in [1.165, 1.54) is 6.07 Å². The molecule has 0 heterocycles. The van der Waals surface area contributed by atoms with Crippen LogP contribution >= 0.6 is 0 Å². The highest BCUT2D eigenvalue weighted by molar-refractivity contribution is 5.29. The standard InChI is InChI=1S/C14H17F4N/c1-2-19-13(7-9-3-4-9)10-5-6-12(15)11(8-10)14(16,17)18/h5-6,8-9,13,19H,2-4,7H2,1H3. The van der Waals surface area contributed by atoms with Crippen LogP contribution in [-0.2, 0) is 6.18 Å². The van der Waals surface area contributed by atoms with Crippen LogP contribution in [0.5, 0.6) is 0 Å². The van der Waals surface area contributed by atoms with Gasteiger partial charge in [-0.3, -0.25) is 0 Å². The molecule has 0 bridgehead atoms. The second kappa shape index (κ2) is 5.49. The van der Waals surface area contributed by atoms with E-state index in [1.54, 1.807) is 0 Å². The smallest absolute Gasteiger partial charge is 0.310 e. The molecule has 1 aromatic rings. The molecule has 5 heteroatoms. The Morgan fingerprint density at radius 2 is 2.00 bits per heavy atom. The highest BCUT2D eigenvalue weighted by Crippen LogP contribution is 2.39. The largest absolute Gasteiger partial charge is 0.419 e. The van der Waals surface area contributed by atoms with Crippen molar-refractivity contribution in [1.29, 1.82) is 0 Å². The van der Waals surface area contributed by atoms with Crippen molar-refractivity contribution in [1.82, 2.24) is 5.32 Å². The Morgan fingerprint density at radius 3 is 2.53 bits per heavy atom. The Hall–Kier alpha value is -1.10. The van der Waals surface area contributed by atoms with Crippen LogP contribution in [0.3, 0.4) is 0 Å². The SMILES string of the molecule is CCNC(CC1CC1)c1ccc(F)c(C(F)(F)F)c1. The molecule has 19 heavy (non-hydrogen) atoms. The maximum absolute atomic E-state index is 13.2. The Kier molecular flexibility index (Phi) is 4.13. The summed E-state index contributed by atoms with van der Waals surface area (Å²) >= 11 is 0. The maximum atomic E-state index is 13.2. The van der Waals surface area contributed by atoms with Crippen LogP contribution in [0.15, 0.2) is 18.2 Å². The van der Waals surface area contributed by atoms with Crippen molar-refractivity contribution in [2.75, 3.05) is 6.54 Å². The molecular weight excluding hydrogens is 258 g/mol. The minimum atomic E-state index is -4.64. The summed E-state index contributed by atoms with van der Waals surface area (Å²) in [6, 6.07) is 3.17. The molecule has 0 radical (unpaired) electrons. The molecule has 1 aromatic carbocycles. The van der Waals surface area contributed by atoms with E-state index >= 15 is 0 Å². The van der Waals surface area contributed by atoms with Gasteiger partial charge in [0.1, 0.15) is 5.82 Å². The molecule has 1 atom stereocenters. The normalized spacial score (nSPS) is 17.5. The number of hydrogen-bond acceptors (Lipinski definition) is 1. The highest BCUT2D eigenvalue weighted by Gasteiger charge is 2.35. The molecule has 2 rings (SSSR count). The van der Waals surface area contributed by atoms with Crippen molar-refractivity contribution in [2.24, 2.45) is 5.92 Å². The van der Waals surface area contributed by atoms with Gasteiger partial charge in [0.2, 0.25) is 0 Å². The average molecular weight is 275 g/mol. The van der Waals surface area contributed by atoms with Crippen LogP contribution in [0.2, 0.25) is 0 Å². The van der Waals surface area contributed by atoms with Crippen LogP contribution in [0.4, 0.5) is 17.6 Å². The first-order chi connectivity index (χ1) is 8.91. The second-order valence-corrected chi connectivity index (χ2v) is 5.03. The van der Waals surface area contributed by atoms with Gasteiger partial charge in [-0.25, -0.2) is 4.39 Å². The van der Waals surface area contributed by atoms with E-state index in [2.05, 4.69) is 5.32 Å². The van der Waals surface area contributed by atoms with Gasteiger partial charge in [0.15, 0.2) is 0 Å². The second-order valence-electron chi connectivity index (χ2n) is 5.03. The fourth-order valence-electron chi connectivity index (χ4n) is 2.25. The summed E-state index contributed by atoms with van der Waals surface area (Å²) in [5, 5.41) is 3.18. The van der Waals surface area contributed by atoms with E-state index in [1.807, 2.05) is 6.92 Å². The molecule has 1 aliphatic carbocycles. The summed E-state index contributed by atoms with van der Waals surface area (Å²) < 4.78 is 51.3. The van der Waals surface area contributed by atoms with Gasteiger partial charge in [-0.05, 0) is 36.6 Å². The monoisotopic (exact) mass is 275 g/mol. The molecule has 1 unspecified atom stereocenters. The molecule has 1 fully saturated rings. The average Bonchev–Trinajstić information content (AvgIpc) is 3.11. The van der Waals surface area contributed by atoms with Crippen LogP contribution in [-0.4, -0.2) is 6.54 Å². The summed E-state index contributed by atoms with van der Waals surface area (Å²) in [5.74, 6) is -0.624. The van der Waals surface area contributed by atoms with Gasteiger partial charge in [0.25, 0.3) is 0 Å². The van der Waals surface area contributed by atoms with Gasteiger partial charge in [-0.2, -0.15) is 13.2 Å². The molecule has 0 aromatic heterocycles. The molecule has 0 saturated heterocycles. The first kappa shape index (κ1) is 14.3. The van der Waals surface area contributed by atoms with Gasteiger partial charge >= 0.3 is 6.18 Å². The van der Waals surface area contributed by atoms with Crippen molar-refractivity contribution in [2.45, 2.75) is 38.4 Å². The summed E-state index contributed by atoms with van der Waals surface area (Å²) in [6.07, 6.45) is -1.56. The fraction of sp³-hybridized carbons (Fsp3) is 0.571. The van der Waals surface area contributed by atoms with Crippen molar-refractivity contribution < 1.29 is 17.6 Å². The molecule has 1 N–H and O–H groups in total. The predicted molar refractivity (Wildman–Crippen MR) is 65.2 cm³/mol. The highest BCUT2D eigenvalue weighted by atomic mass is 19.4. The zero-order valence-corrected chi connectivity index (χ0v) is 10.7. The van der Waals surface area contributed by atoms with Gasteiger partial charge in [0.05, 0.1) is 5.56 Å². The van der Waals surface area contributed by atoms with Crippen molar-refractivity contribution in [3.05, 3.63) is 35.1 Å². The summed E-state index contributed by atoms with van der Waals surface area (Å²) in [7, 11) is 0. The number of alkyl halides is 3. The van der Waals surface area contributed by atoms with Gasteiger partial charge in [0, 0.05) is 6.04 Å². The lowest BCUT2D eigenvalue weighted by molar-refractivity contribution is -0.140. The zero-order valence-electron chi connectivity index (χ0n) is 10.7. The van der Waals surface area contributed by atoms with E-state index in [4.69, 9.17) is 0 Å².